The minimum atomic E-state index is -1.03. The van der Waals surface area contributed by atoms with Gasteiger partial charge in [0.15, 0.2) is 23.1 Å². The van der Waals surface area contributed by atoms with Crippen LogP contribution < -0.4 is 15.2 Å². The van der Waals surface area contributed by atoms with E-state index in [1.165, 1.54) is 15.8 Å². The summed E-state index contributed by atoms with van der Waals surface area (Å²) < 4.78 is 35.7. The van der Waals surface area contributed by atoms with Gasteiger partial charge in [0.25, 0.3) is 5.91 Å². The van der Waals surface area contributed by atoms with Crippen LogP contribution in [0.4, 0.5) is 8.78 Å². The number of aromatic hydroxyl groups is 1. The van der Waals surface area contributed by atoms with E-state index >= 15 is 0 Å². The van der Waals surface area contributed by atoms with E-state index in [1.54, 1.807) is 12.1 Å². The summed E-state index contributed by atoms with van der Waals surface area (Å²) in [4.78, 5) is 26.6. The fourth-order valence-corrected chi connectivity index (χ4v) is 4.42. The highest BCUT2D eigenvalue weighted by Crippen LogP contribution is 2.41. The molecular weight excluding hydrogens is 420 g/mol. The molecule has 0 fully saturated rings. The Kier molecular flexibility index (Phi) is 4.61. The largest absolute Gasteiger partial charge is 0.502 e. The molecule has 7 nitrogen and oxygen atoms in total. The molecule has 1 unspecified atom stereocenters. The number of carbonyl (C=O) groups excluding carboxylic acids is 1. The van der Waals surface area contributed by atoms with Crippen LogP contribution in [0.3, 0.4) is 0 Å². The number of benzene rings is 2. The predicted octanol–water partition coefficient (Wildman–Crippen LogP) is 2.75. The highest BCUT2D eigenvalue weighted by molar-refractivity contribution is 5.96. The summed E-state index contributed by atoms with van der Waals surface area (Å²) in [6, 6.07) is 11.7. The Balaban J connectivity index is 1.84. The highest BCUT2D eigenvalue weighted by Gasteiger charge is 2.43. The Morgan fingerprint density at radius 2 is 1.78 bits per heavy atom. The monoisotopic (exact) mass is 439 g/mol. The summed E-state index contributed by atoms with van der Waals surface area (Å²) in [7, 11) is 1.57. The van der Waals surface area contributed by atoms with Crippen molar-refractivity contribution >= 4 is 5.91 Å². The van der Waals surface area contributed by atoms with Gasteiger partial charge in [0.05, 0.1) is 6.61 Å². The van der Waals surface area contributed by atoms with Crippen molar-refractivity contribution in [3.05, 3.63) is 93.4 Å². The highest BCUT2D eigenvalue weighted by atomic mass is 19.2. The van der Waals surface area contributed by atoms with Gasteiger partial charge in [0.1, 0.15) is 18.0 Å². The summed E-state index contributed by atoms with van der Waals surface area (Å²) in [5, 5.41) is 12.2. The van der Waals surface area contributed by atoms with Gasteiger partial charge in [-0.15, -0.1) is 0 Å². The molecule has 164 valence electrons. The molecule has 2 aliphatic heterocycles. The third-order valence-corrected chi connectivity index (χ3v) is 5.94. The van der Waals surface area contributed by atoms with Crippen molar-refractivity contribution in [3.8, 4) is 11.5 Å². The number of halogens is 2. The van der Waals surface area contributed by atoms with Gasteiger partial charge in [-0.3, -0.25) is 19.3 Å². The first-order valence-electron chi connectivity index (χ1n) is 10.1. The molecule has 0 saturated carbocycles. The summed E-state index contributed by atoms with van der Waals surface area (Å²) in [6.07, 6.45) is 1.20. The lowest BCUT2D eigenvalue weighted by Gasteiger charge is -2.49. The first kappa shape index (κ1) is 20.0. The fraction of sp³-hybridized carbons (Fsp3) is 0.217. The molecule has 0 spiro atoms. The van der Waals surface area contributed by atoms with Gasteiger partial charge < -0.3 is 14.7 Å². The Morgan fingerprint density at radius 1 is 1.06 bits per heavy atom. The average molecular weight is 439 g/mol. The minimum Gasteiger partial charge on any atom is -0.502 e. The van der Waals surface area contributed by atoms with Crippen molar-refractivity contribution in [2.45, 2.75) is 18.6 Å². The molecule has 3 aromatic rings. The number of aromatic nitrogens is 1. The van der Waals surface area contributed by atoms with Crippen LogP contribution in [0.1, 0.15) is 34.1 Å². The molecule has 1 amide bonds. The summed E-state index contributed by atoms with van der Waals surface area (Å²) >= 11 is 0. The van der Waals surface area contributed by atoms with Crippen molar-refractivity contribution in [2.75, 3.05) is 18.7 Å². The molecule has 2 aromatic carbocycles. The number of ether oxygens (including phenoxy) is 1. The van der Waals surface area contributed by atoms with Gasteiger partial charge in [-0.2, -0.15) is 0 Å². The number of amides is 1. The van der Waals surface area contributed by atoms with E-state index in [0.717, 1.165) is 23.8 Å². The maximum Gasteiger partial charge on any atom is 0.277 e. The molecule has 0 aliphatic carbocycles. The number of fused-ring (bicyclic) bond motifs is 4. The zero-order valence-electron chi connectivity index (χ0n) is 17.0. The lowest BCUT2D eigenvalue weighted by atomic mass is 9.95. The van der Waals surface area contributed by atoms with Crippen LogP contribution in [-0.2, 0) is 0 Å². The second kappa shape index (κ2) is 7.37. The van der Waals surface area contributed by atoms with Crippen molar-refractivity contribution in [2.24, 2.45) is 0 Å². The van der Waals surface area contributed by atoms with E-state index in [0.29, 0.717) is 12.0 Å². The van der Waals surface area contributed by atoms with Crippen LogP contribution in [0.2, 0.25) is 0 Å². The SMILES string of the molecule is CN1C(=O)c2c(O)c(=O)ccn2N2C1CCOc1cc(F)c(F)cc1[C@H]2c1ccccc1. The van der Waals surface area contributed by atoms with E-state index in [9.17, 15) is 23.5 Å². The molecule has 9 heteroatoms. The smallest absolute Gasteiger partial charge is 0.277 e. The number of pyridine rings is 1. The van der Waals surface area contributed by atoms with E-state index in [1.807, 2.05) is 30.3 Å². The average Bonchev–Trinajstić information content (AvgIpc) is 2.78. The third kappa shape index (κ3) is 2.92. The second-order valence-electron chi connectivity index (χ2n) is 7.75. The van der Waals surface area contributed by atoms with E-state index < -0.39 is 40.9 Å². The Hall–Kier alpha value is -3.88. The maximum absolute atomic E-state index is 14.4. The van der Waals surface area contributed by atoms with Crippen LogP contribution in [0.25, 0.3) is 0 Å². The van der Waals surface area contributed by atoms with Gasteiger partial charge in [-0.25, -0.2) is 8.78 Å². The molecule has 2 aliphatic rings. The fourth-order valence-electron chi connectivity index (χ4n) is 4.42. The molecule has 5 rings (SSSR count). The van der Waals surface area contributed by atoms with Crippen LogP contribution >= 0.6 is 0 Å². The Morgan fingerprint density at radius 3 is 2.53 bits per heavy atom. The van der Waals surface area contributed by atoms with Gasteiger partial charge in [0, 0.05) is 37.4 Å². The minimum absolute atomic E-state index is 0.139. The zero-order chi connectivity index (χ0) is 22.6. The van der Waals surface area contributed by atoms with Gasteiger partial charge in [-0.1, -0.05) is 30.3 Å². The molecule has 3 heterocycles. The topological polar surface area (TPSA) is 75.0 Å². The maximum atomic E-state index is 14.4. The zero-order valence-corrected chi connectivity index (χ0v) is 17.0. The van der Waals surface area contributed by atoms with Crippen molar-refractivity contribution in [3.63, 3.8) is 0 Å². The number of rotatable bonds is 1. The first-order valence-corrected chi connectivity index (χ1v) is 10.1. The Bertz CT molecular complexity index is 1280. The summed E-state index contributed by atoms with van der Waals surface area (Å²) in [6.45, 7) is 0.139. The van der Waals surface area contributed by atoms with E-state index in [4.69, 9.17) is 4.74 Å². The molecular formula is C23H19F2N3O4. The van der Waals surface area contributed by atoms with E-state index in [-0.39, 0.29) is 18.1 Å². The molecule has 0 radical (unpaired) electrons. The molecule has 1 aromatic heterocycles. The molecule has 2 atom stereocenters. The first-order chi connectivity index (χ1) is 15.4. The molecule has 32 heavy (non-hydrogen) atoms. The number of carbonyl (C=O) groups is 1. The molecule has 0 saturated heterocycles. The molecule has 1 N–H and O–H groups in total. The van der Waals surface area contributed by atoms with Gasteiger partial charge >= 0.3 is 0 Å². The van der Waals surface area contributed by atoms with Gasteiger partial charge in [-0.05, 0) is 11.6 Å². The lowest BCUT2D eigenvalue weighted by molar-refractivity contribution is 0.0573. The standard InChI is InChI=1S/C23H19F2N3O4/c1-26-19-8-10-32-18-12-16(25)15(24)11-14(18)20(13-5-3-2-4-6-13)28(19)27-9-7-17(29)22(30)21(27)23(26)31/h2-7,9,11-12,19-20,30H,8,10H2,1H3/t19?,20-/m1/s1. The summed E-state index contributed by atoms with van der Waals surface area (Å²) in [5.74, 6) is -3.07. The number of hydrogen-bond donors (Lipinski definition) is 1. The van der Waals surface area contributed by atoms with Gasteiger partial charge in [0.2, 0.25) is 5.43 Å². The predicted molar refractivity (Wildman–Crippen MR) is 111 cm³/mol. The van der Waals surface area contributed by atoms with Crippen LogP contribution in [0, 0.1) is 11.6 Å². The normalized spacial score (nSPS) is 19.9. The number of hydrogen-bond acceptors (Lipinski definition) is 5. The molecule has 0 bridgehead atoms. The Labute approximate surface area is 181 Å². The quantitative estimate of drug-likeness (QED) is 0.631. The lowest BCUT2D eigenvalue weighted by Crippen LogP contribution is -2.62. The van der Waals surface area contributed by atoms with Crippen molar-refractivity contribution in [1.29, 1.82) is 0 Å². The van der Waals surface area contributed by atoms with Crippen molar-refractivity contribution in [1.82, 2.24) is 9.58 Å². The second-order valence-corrected chi connectivity index (χ2v) is 7.75. The van der Waals surface area contributed by atoms with E-state index in [2.05, 4.69) is 0 Å². The third-order valence-electron chi connectivity index (χ3n) is 5.94. The summed E-state index contributed by atoms with van der Waals surface area (Å²) in [5.41, 5.74) is 0.202. The van der Waals surface area contributed by atoms with Crippen molar-refractivity contribution < 1.29 is 23.4 Å². The van der Waals surface area contributed by atoms with Crippen LogP contribution in [0.15, 0.2) is 59.5 Å². The number of nitrogens with zero attached hydrogens (tertiary/aromatic N) is 3. The van der Waals surface area contributed by atoms with Crippen LogP contribution in [0.5, 0.6) is 11.5 Å². The van der Waals surface area contributed by atoms with Crippen LogP contribution in [-0.4, -0.2) is 40.4 Å².